The highest BCUT2D eigenvalue weighted by atomic mass is 16.5. The van der Waals surface area contributed by atoms with Crippen molar-refractivity contribution in [2.45, 2.75) is 39.3 Å². The Bertz CT molecular complexity index is 1770. The van der Waals surface area contributed by atoms with E-state index in [9.17, 15) is 14.4 Å². The Labute approximate surface area is 263 Å². The maximum Gasteiger partial charge on any atom is 0.322 e. The number of carbonyl (C=O) groups excluding carboxylic acids is 3. The number of urea groups is 1. The first-order valence-electron chi connectivity index (χ1n) is 15.2. The summed E-state index contributed by atoms with van der Waals surface area (Å²) < 4.78 is 6.06. The maximum atomic E-state index is 14.4. The lowest BCUT2D eigenvalue weighted by Crippen LogP contribution is -2.47. The summed E-state index contributed by atoms with van der Waals surface area (Å²) in [5, 5.41) is 6.09. The van der Waals surface area contributed by atoms with Crippen molar-refractivity contribution in [1.82, 2.24) is 15.1 Å². The van der Waals surface area contributed by atoms with Gasteiger partial charge in [0.15, 0.2) is 0 Å². The van der Waals surface area contributed by atoms with E-state index in [-0.39, 0.29) is 24.4 Å². The van der Waals surface area contributed by atoms with Crippen LogP contribution in [0.2, 0.25) is 0 Å². The van der Waals surface area contributed by atoms with Crippen molar-refractivity contribution < 1.29 is 19.1 Å². The molecule has 0 bridgehead atoms. The molecule has 2 atom stereocenters. The fourth-order valence-corrected chi connectivity index (χ4v) is 5.96. The number of aryl methyl sites for hydroxylation is 2. The zero-order valence-electron chi connectivity index (χ0n) is 25.6. The lowest BCUT2D eigenvalue weighted by Gasteiger charge is -2.33. The molecule has 0 saturated carbocycles. The highest BCUT2D eigenvalue weighted by Gasteiger charge is 2.47. The Hall–Kier alpha value is -5.37. The quantitative estimate of drug-likeness (QED) is 0.229. The molecule has 2 N–H and O–H groups in total. The van der Waals surface area contributed by atoms with Crippen LogP contribution in [-0.4, -0.2) is 46.8 Å². The van der Waals surface area contributed by atoms with Crippen molar-refractivity contribution >= 4 is 23.5 Å². The van der Waals surface area contributed by atoms with Gasteiger partial charge in [-0.05, 0) is 79.4 Å². The molecule has 0 aromatic heterocycles. The van der Waals surface area contributed by atoms with Gasteiger partial charge in [-0.2, -0.15) is 0 Å². The lowest BCUT2D eigenvalue weighted by molar-refractivity contribution is -0.134. The molecule has 8 nitrogen and oxygen atoms in total. The summed E-state index contributed by atoms with van der Waals surface area (Å²) in [4.78, 5) is 45.0. The monoisotopic (exact) mass is 600 g/mol. The zero-order chi connectivity index (χ0) is 31.5. The van der Waals surface area contributed by atoms with Crippen molar-refractivity contribution in [2.75, 3.05) is 18.4 Å². The van der Waals surface area contributed by atoms with E-state index in [2.05, 4.69) is 10.6 Å². The molecule has 0 fully saturated rings. The molecule has 0 unspecified atom stereocenters. The van der Waals surface area contributed by atoms with E-state index in [0.717, 1.165) is 22.3 Å². The lowest BCUT2D eigenvalue weighted by atomic mass is 9.95. The van der Waals surface area contributed by atoms with Gasteiger partial charge in [0.2, 0.25) is 5.91 Å². The van der Waals surface area contributed by atoms with E-state index in [1.54, 1.807) is 9.80 Å². The van der Waals surface area contributed by atoms with Gasteiger partial charge in [0.25, 0.3) is 5.91 Å². The molecule has 45 heavy (non-hydrogen) atoms. The Balaban J connectivity index is 1.34. The van der Waals surface area contributed by atoms with E-state index in [4.69, 9.17) is 4.74 Å². The number of benzene rings is 4. The average Bonchev–Trinajstić information content (AvgIpc) is 3.38. The second kappa shape index (κ2) is 12.7. The predicted molar refractivity (Wildman–Crippen MR) is 174 cm³/mol. The van der Waals surface area contributed by atoms with Crippen molar-refractivity contribution in [3.05, 3.63) is 137 Å². The number of rotatable bonds is 9. The van der Waals surface area contributed by atoms with Gasteiger partial charge in [-0.3, -0.25) is 14.5 Å². The fourth-order valence-electron chi connectivity index (χ4n) is 5.96. The summed E-state index contributed by atoms with van der Waals surface area (Å²) in [5.41, 5.74) is 5.58. The molecule has 0 saturated heterocycles. The molecule has 228 valence electrons. The Morgan fingerprint density at radius 3 is 2.31 bits per heavy atom. The topological polar surface area (TPSA) is 91.0 Å². The SMILES string of the molecule is CCN1C(=O)N[C@H](c2cccc(Oc3ccccc3)c2)C2=C1CN([C@H](Cc1ccccc1)C(=O)Nc1ccc(C)c(C)c1)C2=O. The van der Waals surface area contributed by atoms with Crippen LogP contribution in [0.25, 0.3) is 0 Å². The van der Waals surface area contributed by atoms with Crippen LogP contribution in [-0.2, 0) is 16.0 Å². The molecule has 0 spiro atoms. The first-order chi connectivity index (χ1) is 21.8. The van der Waals surface area contributed by atoms with Gasteiger partial charge in [0, 0.05) is 18.7 Å². The summed E-state index contributed by atoms with van der Waals surface area (Å²) in [5.74, 6) is 0.706. The van der Waals surface area contributed by atoms with Crippen LogP contribution in [0.3, 0.4) is 0 Å². The number of carbonyl (C=O) groups is 3. The number of amides is 4. The van der Waals surface area contributed by atoms with Crippen molar-refractivity contribution in [3.63, 3.8) is 0 Å². The maximum absolute atomic E-state index is 14.4. The van der Waals surface area contributed by atoms with Gasteiger partial charge in [-0.15, -0.1) is 0 Å². The summed E-state index contributed by atoms with van der Waals surface area (Å²) in [7, 11) is 0. The number of nitrogens with one attached hydrogen (secondary N) is 2. The number of hydrogen-bond acceptors (Lipinski definition) is 4. The highest BCUT2D eigenvalue weighted by Crippen LogP contribution is 2.38. The van der Waals surface area contributed by atoms with Gasteiger partial charge in [-0.1, -0.05) is 66.7 Å². The summed E-state index contributed by atoms with van der Waals surface area (Å²) in [6.07, 6.45) is 0.322. The van der Waals surface area contributed by atoms with Crippen LogP contribution in [0.4, 0.5) is 10.5 Å². The smallest absolute Gasteiger partial charge is 0.322 e. The molecule has 4 amide bonds. The van der Waals surface area contributed by atoms with Crippen molar-refractivity contribution in [1.29, 1.82) is 0 Å². The molecule has 2 aliphatic rings. The average molecular weight is 601 g/mol. The van der Waals surface area contributed by atoms with E-state index < -0.39 is 12.1 Å². The number of nitrogens with zero attached hydrogens (tertiary/aromatic N) is 2. The van der Waals surface area contributed by atoms with Crippen molar-refractivity contribution in [2.24, 2.45) is 0 Å². The van der Waals surface area contributed by atoms with E-state index in [1.807, 2.05) is 124 Å². The van der Waals surface area contributed by atoms with Gasteiger partial charge >= 0.3 is 6.03 Å². The minimum Gasteiger partial charge on any atom is -0.457 e. The first-order valence-corrected chi connectivity index (χ1v) is 15.2. The van der Waals surface area contributed by atoms with Gasteiger partial charge in [0.1, 0.15) is 17.5 Å². The van der Waals surface area contributed by atoms with E-state index >= 15 is 0 Å². The number of likely N-dealkylation sites (N-methyl/N-ethyl adjacent to an activating group) is 1. The standard InChI is InChI=1S/C37H36N4O4/c1-4-40-32-23-41(31(21-26-12-7-5-8-13-26)35(42)38-28-19-18-24(2)25(3)20-28)36(43)33(32)34(39-37(40)44)27-14-11-17-30(22-27)45-29-15-9-6-10-16-29/h5-20,22,31,34H,4,21,23H2,1-3H3,(H,38,42)(H,39,44)/t31-,34-/m1/s1. The van der Waals surface area contributed by atoms with Crippen LogP contribution in [0.5, 0.6) is 11.5 Å². The predicted octanol–water partition coefficient (Wildman–Crippen LogP) is 6.53. The molecule has 2 aliphatic heterocycles. The van der Waals surface area contributed by atoms with Gasteiger partial charge in [0.05, 0.1) is 23.9 Å². The third-order valence-electron chi connectivity index (χ3n) is 8.46. The number of hydrogen-bond donors (Lipinski definition) is 2. The van der Waals surface area contributed by atoms with Crippen molar-refractivity contribution in [3.8, 4) is 11.5 Å². The van der Waals surface area contributed by atoms with Crippen LogP contribution >= 0.6 is 0 Å². The van der Waals surface area contributed by atoms with E-state index in [1.165, 1.54) is 0 Å². The molecule has 6 rings (SSSR count). The fraction of sp³-hybridized carbons (Fsp3) is 0.216. The van der Waals surface area contributed by atoms with Gasteiger partial charge < -0.3 is 20.3 Å². The second-order valence-corrected chi connectivity index (χ2v) is 11.4. The first kappa shape index (κ1) is 29.7. The highest BCUT2D eigenvalue weighted by molar-refractivity contribution is 6.05. The molecular formula is C37H36N4O4. The molecule has 2 heterocycles. The molecule has 4 aromatic rings. The molecule has 0 aliphatic carbocycles. The Morgan fingerprint density at radius 1 is 0.889 bits per heavy atom. The number of para-hydroxylation sites is 1. The summed E-state index contributed by atoms with van der Waals surface area (Å²) in [6.45, 7) is 6.42. The second-order valence-electron chi connectivity index (χ2n) is 11.4. The minimum atomic E-state index is -0.811. The third-order valence-corrected chi connectivity index (χ3v) is 8.46. The molecule has 0 radical (unpaired) electrons. The molecule has 8 heteroatoms. The van der Waals surface area contributed by atoms with Crippen LogP contribution in [0.1, 0.15) is 35.2 Å². The third kappa shape index (κ3) is 6.17. The Kier molecular flexibility index (Phi) is 8.38. The molecule has 4 aromatic carbocycles. The van der Waals surface area contributed by atoms with Crippen LogP contribution in [0.15, 0.2) is 114 Å². The summed E-state index contributed by atoms with van der Waals surface area (Å²) in [6, 6.07) is 30.5. The number of ether oxygens (including phenoxy) is 1. The van der Waals surface area contributed by atoms with Gasteiger partial charge in [-0.25, -0.2) is 4.79 Å². The summed E-state index contributed by atoms with van der Waals surface area (Å²) >= 11 is 0. The minimum absolute atomic E-state index is 0.143. The molecular weight excluding hydrogens is 564 g/mol. The van der Waals surface area contributed by atoms with E-state index in [0.29, 0.717) is 41.4 Å². The zero-order valence-corrected chi connectivity index (χ0v) is 25.6. The normalized spacial score (nSPS) is 16.7. The van der Waals surface area contributed by atoms with Crippen LogP contribution < -0.4 is 15.4 Å². The van der Waals surface area contributed by atoms with Crippen LogP contribution in [0, 0.1) is 13.8 Å². The number of anilines is 1. The largest absolute Gasteiger partial charge is 0.457 e. The Morgan fingerprint density at radius 2 is 1.60 bits per heavy atom.